The van der Waals surface area contributed by atoms with Gasteiger partial charge in [-0.1, -0.05) is 11.2 Å². The van der Waals surface area contributed by atoms with E-state index in [1.807, 2.05) is 0 Å². The smallest absolute Gasteiger partial charge is 0.352 e. The van der Waals surface area contributed by atoms with Crippen LogP contribution in [0, 0.1) is 0 Å². The molecule has 0 aliphatic carbocycles. The van der Waals surface area contributed by atoms with Gasteiger partial charge < -0.3 is 41.4 Å². The molecule has 0 radical (unpaired) electrons. The van der Waals surface area contributed by atoms with Crippen molar-refractivity contribution < 1.29 is 54.3 Å². The van der Waals surface area contributed by atoms with E-state index in [4.69, 9.17) is 15.7 Å². The summed E-state index contributed by atoms with van der Waals surface area (Å²) in [6.45, 7) is -0.513. The fourth-order valence-electron chi connectivity index (χ4n) is 5.02. The molecule has 2 amide bonds. The number of oxime groups is 1. The molecule has 2 aliphatic heterocycles. The Morgan fingerprint density at radius 3 is 2.59 bits per heavy atom. The standard InChI is InChI=1S/C28H23N9O11S3/c29-27-33-14(8-51-27)17(35-48-5-10-1-2-13(25(44)45)21(41)20(10)40)22(42)34-18-23(43)36-19(26(46)47)11(7-50-24(18)36)6-49-15-3-12(4-16(38)39)32-28-30-9-31-37(15)28/h1-3,8-9,18,24,40-41H,4-7H2,(H2,29,33)(H,34,42)(H,38,39)(H,44,45)(H,46,47)/b35-17-/t18-,24-/m1/s1. The van der Waals surface area contributed by atoms with Crippen LogP contribution in [0.2, 0.25) is 0 Å². The Balaban J connectivity index is 1.18. The van der Waals surface area contributed by atoms with Gasteiger partial charge in [0.25, 0.3) is 17.6 Å². The molecular weight excluding hydrogens is 735 g/mol. The van der Waals surface area contributed by atoms with Gasteiger partial charge in [-0.25, -0.2) is 19.6 Å². The molecule has 8 N–H and O–H groups in total. The van der Waals surface area contributed by atoms with Crippen LogP contribution in [-0.2, 0) is 37.0 Å². The number of fused-ring (bicyclic) bond motifs is 2. The zero-order chi connectivity index (χ0) is 36.6. The maximum Gasteiger partial charge on any atom is 0.352 e. The lowest BCUT2D eigenvalue weighted by Gasteiger charge is -2.49. The molecule has 2 aliphatic rings. The number of phenolic OH excluding ortho intramolecular Hbond substituents is 1. The second-order valence-electron chi connectivity index (χ2n) is 10.6. The first-order valence-corrected chi connectivity index (χ1v) is 17.2. The summed E-state index contributed by atoms with van der Waals surface area (Å²) in [6.07, 6.45) is 0.884. The molecule has 1 saturated heterocycles. The normalized spacial score (nSPS) is 17.2. The third-order valence-corrected chi connectivity index (χ3v) is 10.4. The van der Waals surface area contributed by atoms with Gasteiger partial charge in [0.1, 0.15) is 46.3 Å². The minimum atomic E-state index is -1.47. The van der Waals surface area contributed by atoms with Gasteiger partial charge in [0.15, 0.2) is 22.3 Å². The van der Waals surface area contributed by atoms with Gasteiger partial charge >= 0.3 is 17.9 Å². The van der Waals surface area contributed by atoms with Gasteiger partial charge in [-0.3, -0.25) is 19.3 Å². The number of aromatic nitrogens is 5. The van der Waals surface area contributed by atoms with Gasteiger partial charge in [0.05, 0.1) is 12.1 Å². The molecule has 4 aromatic rings. The van der Waals surface area contributed by atoms with E-state index < -0.39 is 70.5 Å². The zero-order valence-electron chi connectivity index (χ0n) is 25.5. The summed E-state index contributed by atoms with van der Waals surface area (Å²) in [5.74, 6) is -6.77. The molecule has 20 nitrogen and oxygen atoms in total. The number of rotatable bonds is 13. The summed E-state index contributed by atoms with van der Waals surface area (Å²) >= 11 is 3.36. The van der Waals surface area contributed by atoms with Crippen LogP contribution in [0.5, 0.6) is 11.5 Å². The van der Waals surface area contributed by atoms with Crippen LogP contribution in [0.3, 0.4) is 0 Å². The lowest BCUT2D eigenvalue weighted by molar-refractivity contribution is -0.150. The maximum absolute atomic E-state index is 13.5. The predicted octanol–water partition coefficient (Wildman–Crippen LogP) is 0.351. The largest absolute Gasteiger partial charge is 0.504 e. The van der Waals surface area contributed by atoms with E-state index >= 15 is 0 Å². The third kappa shape index (κ3) is 6.93. The lowest BCUT2D eigenvalue weighted by Crippen LogP contribution is -2.71. The quantitative estimate of drug-likeness (QED) is 0.0242. The van der Waals surface area contributed by atoms with Crippen LogP contribution in [-0.4, -0.2) is 113 Å². The average Bonchev–Trinajstić information content (AvgIpc) is 3.74. The number of carboxylic acids is 3. The number of nitrogens with zero attached hydrogens (tertiary/aromatic N) is 7. The summed E-state index contributed by atoms with van der Waals surface area (Å²) in [7, 11) is 0. The molecule has 0 unspecified atom stereocenters. The third-order valence-electron chi connectivity index (χ3n) is 7.36. The fraction of sp³-hybridized carbons (Fsp3) is 0.214. The van der Waals surface area contributed by atoms with Crippen LogP contribution in [0.15, 0.2) is 51.4 Å². The number of aromatic carboxylic acids is 1. The summed E-state index contributed by atoms with van der Waals surface area (Å²) < 4.78 is 1.39. The first-order valence-electron chi connectivity index (χ1n) is 14.3. The number of phenols is 2. The number of carbonyl (C=O) groups is 5. The summed E-state index contributed by atoms with van der Waals surface area (Å²) in [4.78, 5) is 80.2. The number of nitrogens with two attached hydrogens (primary N) is 1. The van der Waals surface area contributed by atoms with E-state index in [1.165, 1.54) is 40.1 Å². The van der Waals surface area contributed by atoms with Crippen molar-refractivity contribution in [3.05, 3.63) is 63.7 Å². The molecule has 51 heavy (non-hydrogen) atoms. The minimum Gasteiger partial charge on any atom is -0.504 e. The average molecular weight is 758 g/mol. The van der Waals surface area contributed by atoms with E-state index in [9.17, 15) is 44.4 Å². The van der Waals surface area contributed by atoms with E-state index in [0.29, 0.717) is 10.6 Å². The number of benzene rings is 1. The number of anilines is 1. The predicted molar refractivity (Wildman–Crippen MR) is 177 cm³/mol. The SMILES string of the molecule is Nc1nc(/C(=N/OCc2ccc(C(=O)O)c(O)c2O)C(=O)N[C@@H]2C(=O)N3C(C(=O)O)=C(CSc4cc(CC(=O)O)nc5ncnn45)CS[C@H]23)cs1. The van der Waals surface area contributed by atoms with Gasteiger partial charge in [-0.2, -0.15) is 14.6 Å². The van der Waals surface area contributed by atoms with Crippen molar-refractivity contribution in [2.75, 3.05) is 17.2 Å². The Morgan fingerprint density at radius 2 is 1.90 bits per heavy atom. The van der Waals surface area contributed by atoms with E-state index in [1.54, 1.807) is 0 Å². The molecule has 0 bridgehead atoms. The van der Waals surface area contributed by atoms with Crippen molar-refractivity contribution in [3.63, 3.8) is 0 Å². The first kappa shape index (κ1) is 34.9. The maximum atomic E-state index is 13.5. The number of thioether (sulfide) groups is 2. The Bertz CT molecular complexity index is 2180. The number of carboxylic acid groups (broad SMARTS) is 3. The molecule has 2 atom stereocenters. The molecule has 5 heterocycles. The number of thiazole rings is 1. The van der Waals surface area contributed by atoms with E-state index in [2.05, 4.69) is 30.5 Å². The van der Waals surface area contributed by atoms with Gasteiger partial charge in [0.2, 0.25) is 0 Å². The number of β-lactam (4-membered cyclic amide) rings is 1. The van der Waals surface area contributed by atoms with Crippen molar-refractivity contribution in [3.8, 4) is 11.5 Å². The highest BCUT2D eigenvalue weighted by Gasteiger charge is 2.54. The Hall–Kier alpha value is -5.94. The lowest BCUT2D eigenvalue weighted by atomic mass is 10.0. The number of nitrogen functional groups attached to an aromatic ring is 1. The Kier molecular flexibility index (Phi) is 9.67. The number of carbonyl (C=O) groups excluding carboxylic acids is 2. The zero-order valence-corrected chi connectivity index (χ0v) is 27.9. The van der Waals surface area contributed by atoms with Gasteiger partial charge in [0, 0.05) is 22.4 Å². The highest BCUT2D eigenvalue weighted by Crippen LogP contribution is 2.42. The number of aliphatic carboxylic acids is 2. The van der Waals surface area contributed by atoms with Gasteiger partial charge in [-0.05, 0) is 17.7 Å². The summed E-state index contributed by atoms with van der Waals surface area (Å²) in [6, 6.07) is 2.58. The molecule has 264 valence electrons. The number of hydrogen-bond acceptors (Lipinski definition) is 17. The van der Waals surface area contributed by atoms with Crippen LogP contribution in [0.4, 0.5) is 5.13 Å². The number of hydrogen-bond donors (Lipinski definition) is 7. The van der Waals surface area contributed by atoms with Crippen LogP contribution >= 0.6 is 34.9 Å². The number of aromatic hydroxyl groups is 2. The van der Waals surface area contributed by atoms with Crippen LogP contribution < -0.4 is 11.1 Å². The topological polar surface area (TPSA) is 305 Å². The second-order valence-corrected chi connectivity index (χ2v) is 13.6. The van der Waals surface area contributed by atoms with Crippen LogP contribution in [0.25, 0.3) is 5.78 Å². The molecule has 0 spiro atoms. The van der Waals surface area contributed by atoms with Crippen molar-refractivity contribution in [1.29, 1.82) is 0 Å². The molecule has 1 fully saturated rings. The molecule has 3 aromatic heterocycles. The number of amides is 2. The Labute approximate surface area is 296 Å². The van der Waals surface area contributed by atoms with Gasteiger partial charge in [-0.15, -0.1) is 34.9 Å². The van der Waals surface area contributed by atoms with Crippen molar-refractivity contribution >= 4 is 81.2 Å². The fourth-order valence-corrected chi connectivity index (χ4v) is 8.08. The van der Waals surface area contributed by atoms with E-state index in [0.717, 1.165) is 34.1 Å². The molecular formula is C28H23N9O11S3. The molecule has 1 aromatic carbocycles. The first-order chi connectivity index (χ1) is 24.3. The number of nitrogens with one attached hydrogen (secondary N) is 1. The van der Waals surface area contributed by atoms with Crippen LogP contribution in [0.1, 0.15) is 27.3 Å². The van der Waals surface area contributed by atoms with Crippen molar-refractivity contribution in [1.82, 2.24) is 34.8 Å². The monoisotopic (exact) mass is 757 g/mol. The summed E-state index contributed by atoms with van der Waals surface area (Å²) in [5.41, 5.74) is 5.09. The highest BCUT2D eigenvalue weighted by molar-refractivity contribution is 8.01. The molecule has 23 heteroatoms. The minimum absolute atomic E-state index is 0.0160. The highest BCUT2D eigenvalue weighted by atomic mass is 32.2. The summed E-state index contributed by atoms with van der Waals surface area (Å²) in [5, 5.41) is 60.2. The van der Waals surface area contributed by atoms with E-state index in [-0.39, 0.29) is 51.5 Å². The Morgan fingerprint density at radius 1 is 1.12 bits per heavy atom. The van der Waals surface area contributed by atoms with Crippen molar-refractivity contribution in [2.24, 2.45) is 5.16 Å². The molecule has 6 rings (SSSR count). The molecule has 0 saturated carbocycles. The van der Waals surface area contributed by atoms with Crippen molar-refractivity contribution in [2.45, 2.75) is 29.5 Å². The second kappa shape index (κ2) is 14.1.